The van der Waals surface area contributed by atoms with Gasteiger partial charge in [-0.05, 0) is 12.5 Å². The summed E-state index contributed by atoms with van der Waals surface area (Å²) in [6.07, 6.45) is -3.58. The van der Waals surface area contributed by atoms with Crippen LogP contribution in [-0.2, 0) is 25.7 Å². The molecule has 3 atom stereocenters. The van der Waals surface area contributed by atoms with Crippen LogP contribution in [0.2, 0.25) is 0 Å². The number of β-lactam (4-membered cyclic amide) rings is 1. The van der Waals surface area contributed by atoms with E-state index in [1.807, 2.05) is 6.07 Å². The van der Waals surface area contributed by atoms with Gasteiger partial charge in [0.05, 0.1) is 0 Å². The molecule has 0 aliphatic carbocycles. The third-order valence-corrected chi connectivity index (χ3v) is 3.71. The number of benzene rings is 1. The minimum Gasteiger partial charge on any atom is -0.445 e. The third kappa shape index (κ3) is 2.87. The lowest BCUT2D eigenvalue weighted by molar-refractivity contribution is -0.141. The van der Waals surface area contributed by atoms with E-state index in [-0.39, 0.29) is 6.61 Å². The number of carbonyl (C=O) groups excluding carboxylic acids is 4. The first-order valence-electron chi connectivity index (χ1n) is 7.28. The number of ether oxygens (including phenoxy) is 2. The van der Waals surface area contributed by atoms with Crippen LogP contribution in [0.4, 0.5) is 9.59 Å². The van der Waals surface area contributed by atoms with Gasteiger partial charge in [0, 0.05) is 0 Å². The van der Waals surface area contributed by atoms with Crippen LogP contribution in [0.25, 0.3) is 0 Å². The van der Waals surface area contributed by atoms with Crippen LogP contribution in [0.3, 0.4) is 0 Å². The quantitative estimate of drug-likeness (QED) is 0.756. The van der Waals surface area contributed by atoms with Crippen molar-refractivity contribution in [2.75, 3.05) is 0 Å². The summed E-state index contributed by atoms with van der Waals surface area (Å²) in [6.45, 7) is 1.46. The van der Waals surface area contributed by atoms with Gasteiger partial charge in [-0.3, -0.25) is 9.59 Å². The van der Waals surface area contributed by atoms with E-state index >= 15 is 0 Å². The van der Waals surface area contributed by atoms with Crippen LogP contribution in [-0.4, -0.2) is 47.2 Å². The largest absolute Gasteiger partial charge is 0.445 e. The number of rotatable bonds is 4. The van der Waals surface area contributed by atoms with E-state index in [0.717, 1.165) is 10.5 Å². The summed E-state index contributed by atoms with van der Waals surface area (Å²) in [7, 11) is 0. The summed E-state index contributed by atoms with van der Waals surface area (Å²) in [5, 5.41) is 4.73. The number of nitrogens with one attached hydrogen (secondary N) is 2. The molecule has 1 aromatic carbocycles. The second-order valence-electron chi connectivity index (χ2n) is 5.37. The lowest BCUT2D eigenvalue weighted by Gasteiger charge is -2.39. The Balaban J connectivity index is 1.57. The lowest BCUT2D eigenvalue weighted by Crippen LogP contribution is -2.75. The van der Waals surface area contributed by atoms with Gasteiger partial charge < -0.3 is 20.1 Å². The monoisotopic (exact) mass is 333 g/mol. The second-order valence-corrected chi connectivity index (χ2v) is 5.37. The molecule has 126 valence electrons. The van der Waals surface area contributed by atoms with Gasteiger partial charge >= 0.3 is 12.2 Å². The standard InChI is InChI=1S/C15H15N3O6/c1-8-13(20)18(15(22)24-8)11-10(12(19)17-11)16-14(21)23-7-9-5-3-2-4-6-9/h2-6,8,10-11H,7H2,1H3,(H,16,21)(H,17,19)/t8?,10-,11-/m0/s1. The van der Waals surface area contributed by atoms with Gasteiger partial charge in [0.1, 0.15) is 12.8 Å². The van der Waals surface area contributed by atoms with Crippen molar-refractivity contribution in [2.45, 2.75) is 31.8 Å². The first-order chi connectivity index (χ1) is 11.5. The van der Waals surface area contributed by atoms with Crippen molar-refractivity contribution < 1.29 is 28.7 Å². The van der Waals surface area contributed by atoms with Gasteiger partial charge in [0.2, 0.25) is 5.91 Å². The fourth-order valence-electron chi connectivity index (χ4n) is 2.41. The van der Waals surface area contributed by atoms with Gasteiger partial charge in [0.25, 0.3) is 5.91 Å². The molecule has 2 heterocycles. The van der Waals surface area contributed by atoms with Crippen molar-refractivity contribution in [1.82, 2.24) is 15.5 Å². The maximum Gasteiger partial charge on any atom is 0.419 e. The maximum atomic E-state index is 11.9. The molecule has 2 aliphatic rings. The number of hydrogen-bond donors (Lipinski definition) is 2. The highest BCUT2D eigenvalue weighted by molar-refractivity contribution is 6.03. The van der Waals surface area contributed by atoms with E-state index in [4.69, 9.17) is 9.47 Å². The van der Waals surface area contributed by atoms with Crippen molar-refractivity contribution >= 4 is 24.0 Å². The molecule has 0 bridgehead atoms. The molecule has 2 saturated heterocycles. The molecule has 0 saturated carbocycles. The summed E-state index contributed by atoms with van der Waals surface area (Å²) >= 11 is 0. The van der Waals surface area contributed by atoms with Crippen molar-refractivity contribution in [2.24, 2.45) is 0 Å². The van der Waals surface area contributed by atoms with E-state index in [1.165, 1.54) is 6.92 Å². The van der Waals surface area contributed by atoms with Crippen LogP contribution in [0.1, 0.15) is 12.5 Å². The SMILES string of the molecule is CC1OC(=O)N([C@@H]2NC(=O)[C@H]2NC(=O)OCc2ccccc2)C1=O. The Bertz CT molecular complexity index is 692. The number of alkyl carbamates (subject to hydrolysis) is 1. The zero-order chi connectivity index (χ0) is 17.3. The molecule has 0 spiro atoms. The topological polar surface area (TPSA) is 114 Å². The Hall–Kier alpha value is -3.10. The van der Waals surface area contributed by atoms with Crippen molar-refractivity contribution in [1.29, 1.82) is 0 Å². The zero-order valence-corrected chi connectivity index (χ0v) is 12.7. The Morgan fingerprint density at radius 1 is 1.29 bits per heavy atom. The predicted molar refractivity (Wildman–Crippen MR) is 78.3 cm³/mol. The van der Waals surface area contributed by atoms with E-state index in [2.05, 4.69) is 10.6 Å². The summed E-state index contributed by atoms with van der Waals surface area (Å²) in [4.78, 5) is 47.8. The smallest absolute Gasteiger partial charge is 0.419 e. The van der Waals surface area contributed by atoms with Crippen LogP contribution in [0.15, 0.2) is 30.3 Å². The van der Waals surface area contributed by atoms with Crippen molar-refractivity contribution in [3.8, 4) is 0 Å². The summed E-state index contributed by atoms with van der Waals surface area (Å²) in [6, 6.07) is 7.93. The normalized spacial score (nSPS) is 25.6. The molecule has 9 nitrogen and oxygen atoms in total. The highest BCUT2D eigenvalue weighted by Gasteiger charge is 2.53. The molecular formula is C15H15N3O6. The minimum absolute atomic E-state index is 0.0351. The van der Waals surface area contributed by atoms with E-state index in [9.17, 15) is 19.2 Å². The highest BCUT2D eigenvalue weighted by atomic mass is 16.6. The first kappa shape index (κ1) is 15.8. The fourth-order valence-corrected chi connectivity index (χ4v) is 2.41. The average molecular weight is 333 g/mol. The molecule has 2 N–H and O–H groups in total. The molecule has 24 heavy (non-hydrogen) atoms. The molecule has 2 aliphatic heterocycles. The van der Waals surface area contributed by atoms with Crippen molar-refractivity contribution in [3.63, 3.8) is 0 Å². The highest BCUT2D eigenvalue weighted by Crippen LogP contribution is 2.21. The van der Waals surface area contributed by atoms with Crippen LogP contribution in [0, 0.1) is 0 Å². The Morgan fingerprint density at radius 3 is 2.58 bits per heavy atom. The van der Waals surface area contributed by atoms with Crippen molar-refractivity contribution in [3.05, 3.63) is 35.9 Å². The van der Waals surface area contributed by atoms with E-state index < -0.39 is 42.3 Å². The lowest BCUT2D eigenvalue weighted by atomic mass is 10.1. The van der Waals surface area contributed by atoms with Gasteiger partial charge in [-0.2, -0.15) is 0 Å². The molecule has 4 amide bonds. The first-order valence-corrected chi connectivity index (χ1v) is 7.28. The summed E-state index contributed by atoms with van der Waals surface area (Å²) in [5.74, 6) is -1.09. The number of amides is 4. The Kier molecular flexibility index (Phi) is 4.07. The van der Waals surface area contributed by atoms with E-state index in [0.29, 0.717) is 0 Å². The molecular weight excluding hydrogens is 318 g/mol. The molecule has 2 fully saturated rings. The molecule has 9 heteroatoms. The molecule has 1 aromatic rings. The van der Waals surface area contributed by atoms with Crippen LogP contribution >= 0.6 is 0 Å². The summed E-state index contributed by atoms with van der Waals surface area (Å²) in [5.41, 5.74) is 0.786. The minimum atomic E-state index is -1.07. The van der Waals surface area contributed by atoms with Gasteiger partial charge in [-0.1, -0.05) is 30.3 Å². The number of imide groups is 1. The molecule has 3 rings (SSSR count). The third-order valence-electron chi connectivity index (χ3n) is 3.71. The van der Waals surface area contributed by atoms with Gasteiger partial charge in [-0.15, -0.1) is 0 Å². The average Bonchev–Trinajstić information content (AvgIpc) is 2.82. The Labute approximate surface area is 136 Å². The maximum absolute atomic E-state index is 11.9. The number of nitrogens with zero attached hydrogens (tertiary/aromatic N) is 1. The number of cyclic esters (lactones) is 1. The molecule has 0 radical (unpaired) electrons. The Morgan fingerprint density at radius 2 is 2.00 bits per heavy atom. The number of hydrogen-bond acceptors (Lipinski definition) is 6. The molecule has 1 unspecified atom stereocenters. The van der Waals surface area contributed by atoms with E-state index in [1.54, 1.807) is 24.3 Å². The fraction of sp³-hybridized carbons (Fsp3) is 0.333. The van der Waals surface area contributed by atoms with Crippen LogP contribution < -0.4 is 10.6 Å². The number of carbonyl (C=O) groups is 4. The van der Waals surface area contributed by atoms with Crippen LogP contribution in [0.5, 0.6) is 0 Å². The zero-order valence-electron chi connectivity index (χ0n) is 12.7. The second kappa shape index (κ2) is 6.19. The van der Waals surface area contributed by atoms with Gasteiger partial charge in [0.15, 0.2) is 12.1 Å². The molecule has 0 aromatic heterocycles. The summed E-state index contributed by atoms with van der Waals surface area (Å²) < 4.78 is 9.80. The van der Waals surface area contributed by atoms with Gasteiger partial charge in [-0.25, -0.2) is 14.5 Å². The predicted octanol–water partition coefficient (Wildman–Crippen LogP) is 0.105.